The molecule has 40 heavy (non-hydrogen) atoms. The number of amides is 3. The van der Waals surface area contributed by atoms with Gasteiger partial charge in [-0.2, -0.15) is 0 Å². The van der Waals surface area contributed by atoms with E-state index in [9.17, 15) is 22.8 Å². The van der Waals surface area contributed by atoms with Gasteiger partial charge in [-0.05, 0) is 35.0 Å². The van der Waals surface area contributed by atoms with Crippen LogP contribution in [0.15, 0.2) is 51.7 Å². The molecule has 11 nitrogen and oxygen atoms in total. The molecular formula is C26H31ClN6O5S2. The third kappa shape index (κ3) is 6.89. The summed E-state index contributed by atoms with van der Waals surface area (Å²) in [5.41, 5.74) is 6.20. The fourth-order valence-electron chi connectivity index (χ4n) is 4.65. The van der Waals surface area contributed by atoms with E-state index in [1.807, 2.05) is 21.9 Å². The summed E-state index contributed by atoms with van der Waals surface area (Å²) in [6, 6.07) is 9.00. The fourth-order valence-corrected chi connectivity index (χ4v) is 6.94. The van der Waals surface area contributed by atoms with E-state index in [1.54, 1.807) is 37.4 Å². The van der Waals surface area contributed by atoms with Crippen LogP contribution in [-0.2, 0) is 37.8 Å². The Morgan fingerprint density at radius 1 is 1.15 bits per heavy atom. The first-order valence-corrected chi connectivity index (χ1v) is 15.5. The number of fused-ring (bicyclic) bond motifs is 1. The van der Waals surface area contributed by atoms with Crippen molar-refractivity contribution in [3.8, 4) is 0 Å². The molecule has 2 aromatic carbocycles. The highest BCUT2D eigenvalue weighted by Gasteiger charge is 2.36. The predicted molar refractivity (Wildman–Crippen MR) is 153 cm³/mol. The zero-order valence-corrected chi connectivity index (χ0v) is 24.6. The van der Waals surface area contributed by atoms with Gasteiger partial charge in [-0.25, -0.2) is 8.42 Å². The molecule has 0 radical (unpaired) electrons. The summed E-state index contributed by atoms with van der Waals surface area (Å²) in [4.78, 5) is 46.2. The molecule has 0 bridgehead atoms. The second-order valence-corrected chi connectivity index (χ2v) is 12.9. The van der Waals surface area contributed by atoms with Crippen LogP contribution in [-0.4, -0.2) is 85.5 Å². The number of carbonyl (C=O) groups excluding carboxylic acids is 3. The second kappa shape index (κ2) is 12.5. The monoisotopic (exact) mass is 606 g/mol. The van der Waals surface area contributed by atoms with Crippen molar-refractivity contribution in [2.75, 3.05) is 39.0 Å². The lowest BCUT2D eigenvalue weighted by Gasteiger charge is -2.40. The first-order chi connectivity index (χ1) is 19.0. The molecule has 214 valence electrons. The number of nitrogens with two attached hydrogens (primary N) is 1. The molecule has 3 amide bonds. The molecule has 0 spiro atoms. The van der Waals surface area contributed by atoms with Crippen LogP contribution in [0.3, 0.4) is 0 Å². The molecule has 1 atom stereocenters. The SMILES string of the molecule is CN=c1scc(CN2CCN(C(=O)CCS(=O)(=O)c3ccc4cc(Cl)ccc4c3)C(C(=O)NCC(N)=O)C2)n1C. The Labute approximate surface area is 241 Å². The maximum atomic E-state index is 13.3. The summed E-state index contributed by atoms with van der Waals surface area (Å²) in [6.07, 6.45) is -0.290. The van der Waals surface area contributed by atoms with E-state index in [1.165, 1.54) is 22.3 Å². The number of halogens is 1. The lowest BCUT2D eigenvalue weighted by molar-refractivity contribution is -0.144. The summed E-state index contributed by atoms with van der Waals surface area (Å²) < 4.78 is 28.2. The summed E-state index contributed by atoms with van der Waals surface area (Å²) in [5, 5.41) is 6.56. The Bertz CT molecular complexity index is 1620. The number of piperazine rings is 1. The molecule has 2 heterocycles. The summed E-state index contributed by atoms with van der Waals surface area (Å²) >= 11 is 7.53. The van der Waals surface area contributed by atoms with Crippen molar-refractivity contribution >= 4 is 61.3 Å². The van der Waals surface area contributed by atoms with Crippen molar-refractivity contribution in [2.45, 2.75) is 23.9 Å². The van der Waals surface area contributed by atoms with Gasteiger partial charge in [0.1, 0.15) is 6.04 Å². The number of hydrogen-bond donors (Lipinski definition) is 2. The first-order valence-electron chi connectivity index (χ1n) is 12.5. The number of rotatable bonds is 9. The number of aromatic nitrogens is 1. The highest BCUT2D eigenvalue weighted by molar-refractivity contribution is 7.91. The average molecular weight is 607 g/mol. The molecule has 4 rings (SSSR count). The summed E-state index contributed by atoms with van der Waals surface area (Å²) in [5.74, 6) is -2.09. The van der Waals surface area contributed by atoms with Crippen LogP contribution in [0.25, 0.3) is 10.8 Å². The van der Waals surface area contributed by atoms with Gasteiger partial charge in [0.05, 0.1) is 17.2 Å². The molecule has 3 aromatic rings. The smallest absolute Gasteiger partial charge is 0.244 e. The Morgan fingerprint density at radius 3 is 2.58 bits per heavy atom. The number of sulfone groups is 1. The zero-order valence-electron chi connectivity index (χ0n) is 22.2. The number of nitrogens with one attached hydrogen (secondary N) is 1. The van der Waals surface area contributed by atoms with Crippen molar-refractivity contribution < 1.29 is 22.8 Å². The van der Waals surface area contributed by atoms with Gasteiger partial charge in [0, 0.05) is 62.8 Å². The third-order valence-corrected chi connectivity index (χ3v) is 9.84. The molecule has 1 saturated heterocycles. The van der Waals surface area contributed by atoms with E-state index in [0.717, 1.165) is 21.3 Å². The van der Waals surface area contributed by atoms with Crippen LogP contribution >= 0.6 is 22.9 Å². The van der Waals surface area contributed by atoms with E-state index < -0.39 is 39.4 Å². The molecule has 3 N–H and O–H groups in total. The molecule has 0 saturated carbocycles. The van der Waals surface area contributed by atoms with E-state index in [2.05, 4.69) is 10.3 Å². The van der Waals surface area contributed by atoms with Crippen molar-refractivity contribution in [1.29, 1.82) is 0 Å². The van der Waals surface area contributed by atoms with E-state index in [4.69, 9.17) is 17.3 Å². The molecule has 1 aromatic heterocycles. The molecule has 1 unspecified atom stereocenters. The predicted octanol–water partition coefficient (Wildman–Crippen LogP) is 0.902. The zero-order chi connectivity index (χ0) is 29.0. The third-order valence-electron chi connectivity index (χ3n) is 6.84. The Morgan fingerprint density at radius 2 is 1.88 bits per heavy atom. The first kappa shape index (κ1) is 29.7. The topological polar surface area (TPSA) is 147 Å². The van der Waals surface area contributed by atoms with Gasteiger partial charge in [0.25, 0.3) is 0 Å². The van der Waals surface area contributed by atoms with Crippen LogP contribution in [0.5, 0.6) is 0 Å². The van der Waals surface area contributed by atoms with Crippen LogP contribution < -0.4 is 15.9 Å². The minimum atomic E-state index is -3.77. The van der Waals surface area contributed by atoms with Gasteiger partial charge >= 0.3 is 0 Å². The number of hydrogen-bond acceptors (Lipinski definition) is 8. The molecular weight excluding hydrogens is 576 g/mol. The number of benzene rings is 2. The van der Waals surface area contributed by atoms with E-state index >= 15 is 0 Å². The highest BCUT2D eigenvalue weighted by atomic mass is 35.5. The van der Waals surface area contributed by atoms with Crippen molar-refractivity contribution in [2.24, 2.45) is 17.8 Å². The minimum Gasteiger partial charge on any atom is -0.368 e. The molecule has 0 aliphatic carbocycles. The maximum absolute atomic E-state index is 13.3. The lowest BCUT2D eigenvalue weighted by atomic mass is 10.1. The number of primary amides is 1. The standard InChI is InChI=1S/C26H31ClN6O5S2/c1-29-26-31(2)20(16-39-26)14-32-8-9-33(22(15-32)25(36)30-13-23(28)34)24(35)7-10-40(37,38)21-6-4-17-11-19(27)5-3-18(17)12-21/h3-6,11-12,16,22H,7-10,13-15H2,1-2H3,(H2,28,34)(H,30,36). The summed E-state index contributed by atoms with van der Waals surface area (Å²) in [6.45, 7) is 1.10. The fraction of sp³-hybridized carbons (Fsp3) is 0.385. The van der Waals surface area contributed by atoms with E-state index in [0.29, 0.717) is 18.1 Å². The Kier molecular flexibility index (Phi) is 9.29. The van der Waals surface area contributed by atoms with Crippen molar-refractivity contribution in [1.82, 2.24) is 19.7 Å². The van der Waals surface area contributed by atoms with Crippen LogP contribution in [0.1, 0.15) is 12.1 Å². The molecule has 1 fully saturated rings. The Hall–Kier alpha value is -3.26. The molecule has 1 aliphatic rings. The largest absolute Gasteiger partial charge is 0.368 e. The van der Waals surface area contributed by atoms with Gasteiger partial charge in [-0.1, -0.05) is 23.7 Å². The normalized spacial score (nSPS) is 16.8. The average Bonchev–Trinajstić information content (AvgIpc) is 3.28. The van der Waals surface area contributed by atoms with Gasteiger partial charge in [-0.15, -0.1) is 11.3 Å². The summed E-state index contributed by atoms with van der Waals surface area (Å²) in [7, 11) is -0.144. The minimum absolute atomic E-state index is 0.109. The maximum Gasteiger partial charge on any atom is 0.244 e. The number of carbonyl (C=O) groups is 3. The van der Waals surface area contributed by atoms with Gasteiger partial charge in [0.15, 0.2) is 14.6 Å². The second-order valence-electron chi connectivity index (χ2n) is 9.54. The van der Waals surface area contributed by atoms with E-state index in [-0.39, 0.29) is 31.0 Å². The van der Waals surface area contributed by atoms with Gasteiger partial charge in [-0.3, -0.25) is 24.3 Å². The van der Waals surface area contributed by atoms with Crippen LogP contribution in [0.4, 0.5) is 0 Å². The quantitative estimate of drug-likeness (QED) is 0.370. The molecule has 14 heteroatoms. The van der Waals surface area contributed by atoms with Crippen LogP contribution in [0.2, 0.25) is 5.02 Å². The number of thiazole rings is 1. The number of nitrogens with zero attached hydrogens (tertiary/aromatic N) is 4. The van der Waals surface area contributed by atoms with Crippen molar-refractivity contribution in [3.05, 3.63) is 57.3 Å². The lowest BCUT2D eigenvalue weighted by Crippen LogP contribution is -2.61. The van der Waals surface area contributed by atoms with Crippen molar-refractivity contribution in [3.63, 3.8) is 0 Å². The molecule has 1 aliphatic heterocycles. The van der Waals surface area contributed by atoms with Gasteiger partial charge < -0.3 is 20.5 Å². The highest BCUT2D eigenvalue weighted by Crippen LogP contribution is 2.24. The Balaban J connectivity index is 1.47. The van der Waals surface area contributed by atoms with Gasteiger partial charge in [0.2, 0.25) is 17.7 Å². The van der Waals surface area contributed by atoms with Crippen LogP contribution in [0, 0.1) is 0 Å².